The van der Waals surface area contributed by atoms with Gasteiger partial charge in [0.15, 0.2) is 0 Å². The van der Waals surface area contributed by atoms with Crippen molar-refractivity contribution >= 4 is 17.0 Å². The first-order valence-corrected chi connectivity index (χ1v) is 7.56. The number of hydrogen-bond donors (Lipinski definition) is 1. The van der Waals surface area contributed by atoms with Crippen molar-refractivity contribution in [2.24, 2.45) is 0 Å². The maximum Gasteiger partial charge on any atom is 0.0954 e. The first-order valence-electron chi connectivity index (χ1n) is 6.74. The third-order valence-electron chi connectivity index (χ3n) is 3.08. The molecule has 2 aromatic heterocycles. The fraction of sp³-hybridized carbons (Fsp3) is 0.467. The quantitative estimate of drug-likeness (QED) is 0.884. The van der Waals surface area contributed by atoms with Crippen molar-refractivity contribution in [2.45, 2.75) is 33.2 Å². The fourth-order valence-corrected chi connectivity index (χ4v) is 3.08. The second kappa shape index (κ2) is 6.81. The van der Waals surface area contributed by atoms with Crippen LogP contribution in [0.1, 0.15) is 34.2 Å². The minimum atomic E-state index is 0.230. The lowest BCUT2D eigenvalue weighted by atomic mass is 10.2. The molecule has 0 amide bonds. The van der Waals surface area contributed by atoms with E-state index in [2.05, 4.69) is 35.2 Å². The van der Waals surface area contributed by atoms with Crippen LogP contribution in [0.4, 0.5) is 5.69 Å². The van der Waals surface area contributed by atoms with Gasteiger partial charge in [-0.05, 0) is 32.9 Å². The van der Waals surface area contributed by atoms with Crippen molar-refractivity contribution in [3.63, 3.8) is 0 Å². The van der Waals surface area contributed by atoms with E-state index in [4.69, 9.17) is 4.74 Å². The highest BCUT2D eigenvalue weighted by Gasteiger charge is 2.14. The van der Waals surface area contributed by atoms with E-state index < -0.39 is 0 Å². The van der Waals surface area contributed by atoms with Crippen LogP contribution in [0.25, 0.3) is 0 Å². The van der Waals surface area contributed by atoms with Gasteiger partial charge in [-0.15, -0.1) is 11.3 Å². The summed E-state index contributed by atoms with van der Waals surface area (Å²) in [4.78, 5) is 10.2. The molecule has 0 saturated heterocycles. The summed E-state index contributed by atoms with van der Waals surface area (Å²) in [6, 6.07) is 4.30. The molecule has 0 aromatic carbocycles. The molecule has 0 radical (unpaired) electrons. The predicted molar refractivity (Wildman–Crippen MR) is 83.4 cm³/mol. The van der Waals surface area contributed by atoms with Crippen LogP contribution in [-0.2, 0) is 11.2 Å². The summed E-state index contributed by atoms with van der Waals surface area (Å²) in [6.45, 7) is 6.92. The van der Waals surface area contributed by atoms with Gasteiger partial charge in [0, 0.05) is 24.1 Å². The molecule has 1 N–H and O–H groups in total. The number of aromatic nitrogens is 2. The largest absolute Gasteiger partial charge is 0.384 e. The third kappa shape index (κ3) is 3.77. The van der Waals surface area contributed by atoms with Crippen molar-refractivity contribution < 1.29 is 4.74 Å². The van der Waals surface area contributed by atoms with Gasteiger partial charge in [-0.2, -0.15) is 0 Å². The minimum absolute atomic E-state index is 0.230. The van der Waals surface area contributed by atoms with Crippen molar-refractivity contribution in [3.8, 4) is 0 Å². The number of hydrogen-bond acceptors (Lipinski definition) is 5. The summed E-state index contributed by atoms with van der Waals surface area (Å²) >= 11 is 1.76. The Hall–Kier alpha value is -1.46. The van der Waals surface area contributed by atoms with E-state index >= 15 is 0 Å². The smallest absolute Gasteiger partial charge is 0.0954 e. The number of nitrogens with zero attached hydrogens (tertiary/aromatic N) is 2. The molecule has 0 aliphatic carbocycles. The Bertz CT molecular complexity index is 551. The zero-order chi connectivity index (χ0) is 14.5. The molecule has 0 saturated carbocycles. The first-order chi connectivity index (χ1) is 9.60. The van der Waals surface area contributed by atoms with Gasteiger partial charge in [-0.1, -0.05) is 0 Å². The SMILES string of the molecule is COCCc1nc(C)c([C@@H](C)Nc2ccc(C)nc2)s1. The number of nitrogens with one attached hydrogen (secondary N) is 1. The van der Waals surface area contributed by atoms with E-state index in [-0.39, 0.29) is 6.04 Å². The Labute approximate surface area is 124 Å². The summed E-state index contributed by atoms with van der Waals surface area (Å²) in [7, 11) is 1.72. The van der Waals surface area contributed by atoms with Gasteiger partial charge in [-0.3, -0.25) is 4.98 Å². The van der Waals surface area contributed by atoms with Crippen LogP contribution < -0.4 is 5.32 Å². The maximum atomic E-state index is 5.10. The van der Waals surface area contributed by atoms with Gasteiger partial charge >= 0.3 is 0 Å². The van der Waals surface area contributed by atoms with Crippen LogP contribution in [0.5, 0.6) is 0 Å². The molecule has 0 spiro atoms. The number of rotatable bonds is 6. The molecule has 108 valence electrons. The zero-order valence-corrected chi connectivity index (χ0v) is 13.3. The van der Waals surface area contributed by atoms with Crippen LogP contribution in [0.2, 0.25) is 0 Å². The van der Waals surface area contributed by atoms with Gasteiger partial charge in [0.25, 0.3) is 0 Å². The van der Waals surface area contributed by atoms with E-state index in [1.807, 2.05) is 19.2 Å². The number of anilines is 1. The van der Waals surface area contributed by atoms with Crippen LogP contribution in [0.3, 0.4) is 0 Å². The Morgan fingerprint density at radius 3 is 2.80 bits per heavy atom. The molecule has 2 heterocycles. The summed E-state index contributed by atoms with van der Waals surface area (Å²) in [5.74, 6) is 0. The van der Waals surface area contributed by atoms with Gasteiger partial charge in [-0.25, -0.2) is 4.98 Å². The van der Waals surface area contributed by atoms with Crippen LogP contribution in [-0.4, -0.2) is 23.7 Å². The molecule has 0 aliphatic rings. The molecular formula is C15H21N3OS. The van der Waals surface area contributed by atoms with E-state index in [9.17, 15) is 0 Å². The third-order valence-corrected chi connectivity index (χ3v) is 4.48. The highest BCUT2D eigenvalue weighted by atomic mass is 32.1. The minimum Gasteiger partial charge on any atom is -0.384 e. The summed E-state index contributed by atoms with van der Waals surface area (Å²) in [6.07, 6.45) is 2.74. The summed E-state index contributed by atoms with van der Waals surface area (Å²) in [5.41, 5.74) is 3.16. The number of thiazole rings is 1. The van der Waals surface area contributed by atoms with E-state index in [0.717, 1.165) is 35.1 Å². The van der Waals surface area contributed by atoms with Crippen LogP contribution in [0, 0.1) is 13.8 Å². The van der Waals surface area contributed by atoms with Gasteiger partial charge in [0.2, 0.25) is 0 Å². The molecule has 0 fully saturated rings. The number of ether oxygens (including phenoxy) is 1. The molecule has 5 heteroatoms. The molecule has 0 unspecified atom stereocenters. The van der Waals surface area contributed by atoms with E-state index in [0.29, 0.717) is 0 Å². The Morgan fingerprint density at radius 2 is 2.15 bits per heavy atom. The Morgan fingerprint density at radius 1 is 1.35 bits per heavy atom. The lowest BCUT2D eigenvalue weighted by Crippen LogP contribution is -2.06. The molecule has 0 aliphatic heterocycles. The molecule has 2 aromatic rings. The van der Waals surface area contributed by atoms with Crippen molar-refractivity contribution in [1.29, 1.82) is 0 Å². The van der Waals surface area contributed by atoms with Gasteiger partial charge < -0.3 is 10.1 Å². The van der Waals surface area contributed by atoms with Gasteiger partial charge in [0.05, 0.1) is 35.2 Å². The molecule has 2 rings (SSSR count). The second-order valence-electron chi connectivity index (χ2n) is 4.85. The predicted octanol–water partition coefficient (Wildman–Crippen LogP) is 3.52. The lowest BCUT2D eigenvalue weighted by Gasteiger charge is -2.14. The van der Waals surface area contributed by atoms with Crippen molar-refractivity contribution in [1.82, 2.24) is 9.97 Å². The lowest BCUT2D eigenvalue weighted by molar-refractivity contribution is 0.202. The summed E-state index contributed by atoms with van der Waals surface area (Å²) in [5, 5.41) is 4.61. The maximum absolute atomic E-state index is 5.10. The number of methoxy groups -OCH3 is 1. The molecule has 20 heavy (non-hydrogen) atoms. The number of pyridine rings is 1. The highest BCUT2D eigenvalue weighted by Crippen LogP contribution is 2.28. The monoisotopic (exact) mass is 291 g/mol. The topological polar surface area (TPSA) is 47.0 Å². The van der Waals surface area contributed by atoms with Crippen LogP contribution >= 0.6 is 11.3 Å². The van der Waals surface area contributed by atoms with E-state index in [1.54, 1.807) is 18.4 Å². The highest BCUT2D eigenvalue weighted by molar-refractivity contribution is 7.11. The Kier molecular flexibility index (Phi) is 5.09. The zero-order valence-electron chi connectivity index (χ0n) is 12.4. The molecule has 1 atom stereocenters. The first kappa shape index (κ1) is 14.9. The van der Waals surface area contributed by atoms with Crippen molar-refractivity contribution in [3.05, 3.63) is 39.6 Å². The summed E-state index contributed by atoms with van der Waals surface area (Å²) < 4.78 is 5.10. The average Bonchev–Trinajstić information content (AvgIpc) is 2.80. The standard InChI is InChI=1S/C15H21N3OS/c1-10-5-6-13(9-16-10)17-11(2)15-12(3)18-14(20-15)7-8-19-4/h5-6,9,11,17H,7-8H2,1-4H3/t11-/m1/s1. The second-order valence-corrected chi connectivity index (χ2v) is 5.97. The fourth-order valence-electron chi connectivity index (χ4n) is 2.03. The average molecular weight is 291 g/mol. The van der Waals surface area contributed by atoms with Crippen LogP contribution in [0.15, 0.2) is 18.3 Å². The Balaban J connectivity index is 2.06. The molecular weight excluding hydrogens is 270 g/mol. The normalized spacial score (nSPS) is 12.4. The number of aryl methyl sites for hydroxylation is 2. The molecule has 4 nitrogen and oxygen atoms in total. The van der Waals surface area contributed by atoms with Crippen molar-refractivity contribution in [2.75, 3.05) is 19.0 Å². The van der Waals surface area contributed by atoms with Gasteiger partial charge in [0.1, 0.15) is 0 Å². The van der Waals surface area contributed by atoms with E-state index in [1.165, 1.54) is 4.88 Å². The molecule has 0 bridgehead atoms.